The summed E-state index contributed by atoms with van der Waals surface area (Å²) in [4.78, 5) is 24.6. The Balaban J connectivity index is 1.86. The van der Waals surface area contributed by atoms with Crippen LogP contribution >= 0.6 is 0 Å². The number of aromatic nitrogens is 4. The number of methoxy groups -OCH3 is 1. The second-order valence-electron chi connectivity index (χ2n) is 7.29. The topological polar surface area (TPSA) is 142 Å². The third-order valence-corrected chi connectivity index (χ3v) is 6.46. The van der Waals surface area contributed by atoms with E-state index in [0.717, 1.165) is 12.1 Å². The zero-order valence-electron chi connectivity index (χ0n) is 18.1. The quantitative estimate of drug-likeness (QED) is 0.436. The molecule has 0 saturated heterocycles. The number of aryl methyl sites for hydroxylation is 2. The maximum absolute atomic E-state index is 14.1. The van der Waals surface area contributed by atoms with Gasteiger partial charge in [0.2, 0.25) is 11.8 Å². The largest absolute Gasteiger partial charge is 0.480 e. The molecule has 0 aliphatic rings. The lowest BCUT2D eigenvalue weighted by molar-refractivity contribution is 0.400. The van der Waals surface area contributed by atoms with E-state index in [9.17, 15) is 22.0 Å². The summed E-state index contributed by atoms with van der Waals surface area (Å²) in [6.45, 7) is 1.71. The Labute approximate surface area is 192 Å². The van der Waals surface area contributed by atoms with Gasteiger partial charge in [0, 0.05) is 35.8 Å². The zero-order valence-corrected chi connectivity index (χ0v) is 18.9. The van der Waals surface area contributed by atoms with Crippen LogP contribution in [-0.4, -0.2) is 35.0 Å². The third kappa shape index (κ3) is 4.01. The molecule has 3 N–H and O–H groups in total. The highest BCUT2D eigenvalue weighted by Gasteiger charge is 2.23. The van der Waals surface area contributed by atoms with E-state index in [2.05, 4.69) is 19.7 Å². The Bertz CT molecular complexity index is 1620. The number of fused-ring (bicyclic) bond motifs is 1. The fourth-order valence-corrected chi connectivity index (χ4v) is 4.54. The molecule has 13 heteroatoms. The highest BCUT2D eigenvalue weighted by Crippen LogP contribution is 2.31. The van der Waals surface area contributed by atoms with Crippen LogP contribution in [0.2, 0.25) is 0 Å². The average molecular weight is 488 g/mol. The molecule has 0 bridgehead atoms. The van der Waals surface area contributed by atoms with Gasteiger partial charge < -0.3 is 10.5 Å². The van der Waals surface area contributed by atoms with Crippen LogP contribution in [0.3, 0.4) is 0 Å². The van der Waals surface area contributed by atoms with Crippen molar-refractivity contribution in [2.75, 3.05) is 17.6 Å². The first-order valence-corrected chi connectivity index (χ1v) is 11.2. The number of benzene rings is 1. The summed E-state index contributed by atoms with van der Waals surface area (Å²) in [5.74, 6) is -2.30. The third-order valence-electron chi connectivity index (χ3n) is 5.06. The summed E-state index contributed by atoms with van der Waals surface area (Å²) in [6.07, 6.45) is 1.32. The first-order chi connectivity index (χ1) is 16.0. The first-order valence-electron chi connectivity index (χ1n) is 9.68. The van der Waals surface area contributed by atoms with E-state index in [4.69, 9.17) is 10.5 Å². The van der Waals surface area contributed by atoms with Gasteiger partial charge >= 0.3 is 0 Å². The Morgan fingerprint density at radius 1 is 1.15 bits per heavy atom. The lowest BCUT2D eigenvalue weighted by Gasteiger charge is -2.14. The Hall–Kier alpha value is -4.13. The predicted octanol–water partition coefficient (Wildman–Crippen LogP) is 2.37. The molecule has 3 aromatic heterocycles. The van der Waals surface area contributed by atoms with Gasteiger partial charge in [0.25, 0.3) is 15.6 Å². The highest BCUT2D eigenvalue weighted by molar-refractivity contribution is 7.92. The molecule has 0 atom stereocenters. The fourth-order valence-electron chi connectivity index (χ4n) is 3.43. The van der Waals surface area contributed by atoms with E-state index in [1.807, 2.05) is 0 Å². The summed E-state index contributed by atoms with van der Waals surface area (Å²) in [5.41, 5.74) is 6.38. The number of nitrogens with zero attached hydrogens (tertiary/aromatic N) is 4. The van der Waals surface area contributed by atoms with Crippen LogP contribution in [0.15, 0.2) is 46.2 Å². The number of anilines is 2. The number of hydrogen-bond acceptors (Lipinski definition) is 8. The van der Waals surface area contributed by atoms with Gasteiger partial charge in [-0.15, -0.1) is 0 Å². The summed E-state index contributed by atoms with van der Waals surface area (Å²) in [6, 6.07) is 4.94. The van der Waals surface area contributed by atoms with Crippen LogP contribution in [-0.2, 0) is 17.1 Å². The number of pyridine rings is 2. The number of nitrogen functional groups attached to an aromatic ring is 1. The second kappa shape index (κ2) is 8.33. The smallest absolute Gasteiger partial charge is 0.264 e. The number of rotatable bonds is 5. The predicted molar refractivity (Wildman–Crippen MR) is 121 cm³/mol. The molecule has 176 valence electrons. The summed E-state index contributed by atoms with van der Waals surface area (Å²) < 4.78 is 61.5. The van der Waals surface area contributed by atoms with Gasteiger partial charge in [0.15, 0.2) is 0 Å². The molecule has 0 saturated carbocycles. The van der Waals surface area contributed by atoms with Crippen molar-refractivity contribution in [2.24, 2.45) is 7.05 Å². The number of sulfonamides is 1. The number of nitrogens with one attached hydrogen (secondary N) is 1. The Kier molecular flexibility index (Phi) is 5.65. The van der Waals surface area contributed by atoms with Crippen LogP contribution < -0.4 is 20.8 Å². The van der Waals surface area contributed by atoms with Crippen molar-refractivity contribution in [3.05, 3.63) is 64.2 Å². The molecule has 0 radical (unpaired) electrons. The zero-order chi connectivity index (χ0) is 24.8. The molecule has 0 fully saturated rings. The number of halogens is 2. The molecule has 0 amide bonds. The van der Waals surface area contributed by atoms with E-state index in [1.54, 1.807) is 13.0 Å². The van der Waals surface area contributed by atoms with Gasteiger partial charge in [-0.2, -0.15) is 4.98 Å². The van der Waals surface area contributed by atoms with Gasteiger partial charge in [-0.3, -0.25) is 14.1 Å². The normalized spacial score (nSPS) is 11.6. The second-order valence-corrected chi connectivity index (χ2v) is 8.94. The number of nitrogens with two attached hydrogens (primary N) is 1. The van der Waals surface area contributed by atoms with Crippen molar-refractivity contribution in [2.45, 2.75) is 11.8 Å². The van der Waals surface area contributed by atoms with E-state index in [-0.39, 0.29) is 28.6 Å². The molecule has 0 unspecified atom stereocenters. The lowest BCUT2D eigenvalue weighted by atomic mass is 10.1. The van der Waals surface area contributed by atoms with Crippen molar-refractivity contribution < 1.29 is 21.9 Å². The molecule has 0 spiro atoms. The van der Waals surface area contributed by atoms with Crippen molar-refractivity contribution >= 4 is 32.7 Å². The minimum atomic E-state index is -4.49. The monoisotopic (exact) mass is 488 g/mol. The minimum Gasteiger partial charge on any atom is -0.480 e. The number of ether oxygens (including phenoxy) is 1. The molecule has 1 aromatic carbocycles. The SMILES string of the molecule is COc1ncc(-c2cc3c(C)nc(N)nc3n(C)c2=O)cc1NS(=O)(=O)c1ccc(F)cc1F. The average Bonchev–Trinajstić information content (AvgIpc) is 2.76. The van der Waals surface area contributed by atoms with Gasteiger partial charge in [0.1, 0.15) is 27.9 Å². The Morgan fingerprint density at radius 3 is 2.56 bits per heavy atom. The van der Waals surface area contributed by atoms with Crippen molar-refractivity contribution in [3.63, 3.8) is 0 Å². The van der Waals surface area contributed by atoms with E-state index < -0.39 is 32.1 Å². The summed E-state index contributed by atoms with van der Waals surface area (Å²) in [7, 11) is -1.71. The van der Waals surface area contributed by atoms with Gasteiger partial charge in [-0.1, -0.05) is 0 Å². The summed E-state index contributed by atoms with van der Waals surface area (Å²) >= 11 is 0. The molecule has 4 aromatic rings. The molecule has 34 heavy (non-hydrogen) atoms. The van der Waals surface area contributed by atoms with Crippen LogP contribution in [0.1, 0.15) is 5.69 Å². The van der Waals surface area contributed by atoms with Gasteiger partial charge in [-0.25, -0.2) is 27.2 Å². The van der Waals surface area contributed by atoms with Crippen molar-refractivity contribution in [1.29, 1.82) is 0 Å². The molecule has 3 heterocycles. The Morgan fingerprint density at radius 2 is 1.88 bits per heavy atom. The van der Waals surface area contributed by atoms with Crippen LogP contribution in [0.5, 0.6) is 5.88 Å². The van der Waals surface area contributed by atoms with Crippen LogP contribution in [0.25, 0.3) is 22.2 Å². The molecule has 4 rings (SSSR count). The minimum absolute atomic E-state index is 0.0172. The molecular weight excluding hydrogens is 470 g/mol. The molecular formula is C21H18F2N6O4S. The number of hydrogen-bond donors (Lipinski definition) is 2. The van der Waals surface area contributed by atoms with E-state index in [0.29, 0.717) is 22.8 Å². The van der Waals surface area contributed by atoms with Gasteiger partial charge in [-0.05, 0) is 31.2 Å². The standard InChI is InChI=1S/C21H18F2N6O4S/c1-10-13-8-14(20(30)29(2)18(13)27-21(24)26-10)11-6-16(19(33-3)25-9-11)28-34(31,32)17-5-4-12(22)7-15(17)23/h4-9,28H,1-3H3,(H2,24,26,27). The first kappa shape index (κ1) is 23.0. The molecule has 0 aliphatic heterocycles. The molecule has 0 aliphatic carbocycles. The van der Waals surface area contributed by atoms with Crippen LogP contribution in [0, 0.1) is 18.6 Å². The highest BCUT2D eigenvalue weighted by atomic mass is 32.2. The maximum atomic E-state index is 14.1. The van der Waals surface area contributed by atoms with E-state index >= 15 is 0 Å². The lowest BCUT2D eigenvalue weighted by Crippen LogP contribution is -2.21. The maximum Gasteiger partial charge on any atom is 0.264 e. The van der Waals surface area contributed by atoms with E-state index in [1.165, 1.54) is 31.0 Å². The van der Waals surface area contributed by atoms with Crippen molar-refractivity contribution in [1.82, 2.24) is 19.5 Å². The summed E-state index contributed by atoms with van der Waals surface area (Å²) in [5, 5.41) is 0.553. The van der Waals surface area contributed by atoms with Gasteiger partial charge in [0.05, 0.1) is 12.8 Å². The van der Waals surface area contributed by atoms with Crippen LogP contribution in [0.4, 0.5) is 20.4 Å². The fraction of sp³-hybridized carbons (Fsp3) is 0.143. The van der Waals surface area contributed by atoms with Crippen molar-refractivity contribution in [3.8, 4) is 17.0 Å². The molecule has 10 nitrogen and oxygen atoms in total.